The Morgan fingerprint density at radius 1 is 0.467 bits per heavy atom. The average molecular weight is 209 g/mol. The smallest absolute Gasteiger partial charge is 0 e. The van der Waals surface area contributed by atoms with Gasteiger partial charge in [-0.3, -0.25) is 0 Å². The van der Waals surface area contributed by atoms with Gasteiger partial charge in [-0.25, -0.2) is 0 Å². The van der Waals surface area contributed by atoms with Crippen molar-refractivity contribution in [3.8, 4) is 0 Å². The zero-order chi connectivity index (χ0) is 11.4. The van der Waals surface area contributed by atoms with Crippen LogP contribution in [0.2, 0.25) is 0 Å². The first-order chi connectivity index (χ1) is 6.69. The topological polar surface area (TPSA) is 6.48 Å². The van der Waals surface area contributed by atoms with Crippen molar-refractivity contribution in [1.82, 2.24) is 9.80 Å². The van der Waals surface area contributed by atoms with Crippen LogP contribution in [0.5, 0.6) is 0 Å². The maximum absolute atomic E-state index is 2.38. The summed E-state index contributed by atoms with van der Waals surface area (Å²) in [5, 5.41) is 0. The van der Waals surface area contributed by atoms with Crippen LogP contribution < -0.4 is 0 Å². The van der Waals surface area contributed by atoms with Gasteiger partial charge in [-0.15, -0.1) is 0 Å². The first-order valence-corrected chi connectivity index (χ1v) is 6.14. The molecule has 2 nitrogen and oxygen atoms in total. The Kier molecular flexibility index (Phi) is 23.6. The number of hydrogen-bond acceptors (Lipinski definition) is 2. The van der Waals surface area contributed by atoms with Gasteiger partial charge >= 0.3 is 0 Å². The van der Waals surface area contributed by atoms with E-state index < -0.39 is 0 Å². The molecule has 89 valence electrons. The zero-order valence-electron chi connectivity index (χ0n) is 12.1. The van der Waals surface area contributed by atoms with Gasteiger partial charge in [0.15, 0.2) is 0 Å². The normalized spacial score (nSPS) is 9.60. The molecule has 0 aliphatic carbocycles. The van der Waals surface area contributed by atoms with Gasteiger partial charge in [0.2, 0.25) is 0 Å². The molecule has 0 saturated carbocycles. The molecule has 0 rings (SSSR count). The molecule has 0 aromatic carbocycles. The van der Waals surface area contributed by atoms with E-state index in [4.69, 9.17) is 0 Å². The van der Waals surface area contributed by atoms with E-state index in [9.17, 15) is 0 Å². The van der Waals surface area contributed by atoms with Gasteiger partial charge in [-0.05, 0) is 39.3 Å². The Morgan fingerprint density at radius 2 is 0.600 bits per heavy atom. The van der Waals surface area contributed by atoms with Gasteiger partial charge in [0.1, 0.15) is 0 Å². The van der Waals surface area contributed by atoms with Crippen LogP contribution in [0.25, 0.3) is 0 Å². The number of rotatable bonds is 6. The molecule has 1 radical (unpaired) electrons. The first kappa shape index (κ1) is 20.9. The summed E-state index contributed by atoms with van der Waals surface area (Å²) in [4.78, 5) is 4.75. The number of nitrogens with zero attached hydrogens (tertiary/aromatic N) is 2. The fraction of sp³-hybridized carbons (Fsp3) is 1.00. The monoisotopic (exact) mass is 209 g/mol. The van der Waals surface area contributed by atoms with E-state index in [0.717, 1.165) is 0 Å². The quantitative estimate of drug-likeness (QED) is 0.619. The maximum atomic E-state index is 2.38. The molecular formula is C12H30LiN2. The summed E-state index contributed by atoms with van der Waals surface area (Å²) in [5.74, 6) is 0. The summed E-state index contributed by atoms with van der Waals surface area (Å²) in [6.07, 6.45) is 0. The van der Waals surface area contributed by atoms with Gasteiger partial charge in [-0.1, -0.05) is 41.5 Å². The van der Waals surface area contributed by atoms with Crippen molar-refractivity contribution >= 4 is 18.9 Å². The minimum absolute atomic E-state index is 0. The molecule has 0 unspecified atom stereocenters. The van der Waals surface area contributed by atoms with Crippen LogP contribution in [0.1, 0.15) is 41.5 Å². The summed E-state index contributed by atoms with van der Waals surface area (Å²) in [7, 11) is 0. The number of hydrogen-bond donors (Lipinski definition) is 0. The van der Waals surface area contributed by atoms with E-state index in [-0.39, 0.29) is 18.9 Å². The van der Waals surface area contributed by atoms with Gasteiger partial charge in [-0.2, -0.15) is 0 Å². The van der Waals surface area contributed by atoms with Crippen LogP contribution in [0.3, 0.4) is 0 Å². The van der Waals surface area contributed by atoms with Crippen LogP contribution >= 0.6 is 0 Å². The molecule has 0 heterocycles. The van der Waals surface area contributed by atoms with Crippen molar-refractivity contribution < 1.29 is 0 Å². The standard InChI is InChI=1S/2C6H15N.Li/c2*1-4-7(5-2)6-3;/h2*4-6H2,1-3H3;. The first-order valence-electron chi connectivity index (χ1n) is 6.14. The van der Waals surface area contributed by atoms with Crippen LogP contribution in [0.15, 0.2) is 0 Å². The average Bonchev–Trinajstić information content (AvgIpc) is 2.24. The van der Waals surface area contributed by atoms with Crippen LogP contribution in [-0.4, -0.2) is 67.9 Å². The van der Waals surface area contributed by atoms with Crippen molar-refractivity contribution in [2.45, 2.75) is 41.5 Å². The Bertz CT molecular complexity index is 68.6. The second-order valence-electron chi connectivity index (χ2n) is 3.24. The molecule has 0 atom stereocenters. The van der Waals surface area contributed by atoms with E-state index >= 15 is 0 Å². The Balaban J connectivity index is -0.000000180. The van der Waals surface area contributed by atoms with E-state index in [2.05, 4.69) is 51.3 Å². The third-order valence-corrected chi connectivity index (χ3v) is 2.68. The summed E-state index contributed by atoms with van der Waals surface area (Å²) in [6, 6.07) is 0. The van der Waals surface area contributed by atoms with Gasteiger partial charge in [0, 0.05) is 18.9 Å². The van der Waals surface area contributed by atoms with E-state index in [1.807, 2.05) is 0 Å². The predicted octanol–water partition coefficient (Wildman–Crippen LogP) is 2.32. The third-order valence-electron chi connectivity index (χ3n) is 2.68. The molecule has 0 fully saturated rings. The second-order valence-corrected chi connectivity index (χ2v) is 3.24. The van der Waals surface area contributed by atoms with E-state index in [1.165, 1.54) is 39.3 Å². The van der Waals surface area contributed by atoms with Crippen LogP contribution in [-0.2, 0) is 0 Å². The SMILES string of the molecule is CCN(CC)CC.CCN(CC)CC.[Li]. The fourth-order valence-electron chi connectivity index (χ4n) is 1.34. The largest absolute Gasteiger partial charge is 0.304 e. The van der Waals surface area contributed by atoms with Gasteiger partial charge < -0.3 is 9.80 Å². The molecule has 0 N–H and O–H groups in total. The summed E-state index contributed by atoms with van der Waals surface area (Å²) >= 11 is 0. The van der Waals surface area contributed by atoms with Gasteiger partial charge in [0.25, 0.3) is 0 Å². The summed E-state index contributed by atoms with van der Waals surface area (Å²) in [6.45, 7) is 20.2. The maximum Gasteiger partial charge on any atom is 0 e. The second kappa shape index (κ2) is 16.9. The molecule has 0 bridgehead atoms. The van der Waals surface area contributed by atoms with Gasteiger partial charge in [0.05, 0.1) is 0 Å². The molecule has 0 saturated heterocycles. The van der Waals surface area contributed by atoms with Crippen molar-refractivity contribution in [1.29, 1.82) is 0 Å². The van der Waals surface area contributed by atoms with Crippen LogP contribution in [0.4, 0.5) is 0 Å². The summed E-state index contributed by atoms with van der Waals surface area (Å²) < 4.78 is 0. The minimum Gasteiger partial charge on any atom is -0.304 e. The molecule has 0 aliphatic rings. The Hall–Kier alpha value is 0.517. The molecule has 0 amide bonds. The molecule has 0 aromatic rings. The predicted molar refractivity (Wildman–Crippen MR) is 72.7 cm³/mol. The van der Waals surface area contributed by atoms with E-state index in [1.54, 1.807) is 0 Å². The van der Waals surface area contributed by atoms with Crippen molar-refractivity contribution in [2.24, 2.45) is 0 Å². The van der Waals surface area contributed by atoms with Crippen molar-refractivity contribution in [2.75, 3.05) is 39.3 Å². The molecule has 3 heteroatoms. The van der Waals surface area contributed by atoms with Crippen LogP contribution in [0, 0.1) is 0 Å². The minimum atomic E-state index is 0. The Labute approximate surface area is 110 Å². The fourth-order valence-corrected chi connectivity index (χ4v) is 1.34. The molecule has 0 spiro atoms. The van der Waals surface area contributed by atoms with E-state index in [0.29, 0.717) is 0 Å². The molecule has 15 heavy (non-hydrogen) atoms. The molecular weight excluding hydrogens is 179 g/mol. The third kappa shape index (κ3) is 14.5. The van der Waals surface area contributed by atoms with Crippen molar-refractivity contribution in [3.05, 3.63) is 0 Å². The molecule has 0 aromatic heterocycles. The molecule has 0 aliphatic heterocycles. The Morgan fingerprint density at radius 3 is 0.600 bits per heavy atom. The summed E-state index contributed by atoms with van der Waals surface area (Å²) in [5.41, 5.74) is 0. The van der Waals surface area contributed by atoms with Crippen molar-refractivity contribution in [3.63, 3.8) is 0 Å². The zero-order valence-corrected chi connectivity index (χ0v) is 12.1.